The first-order chi connectivity index (χ1) is 16.6. The predicted octanol–water partition coefficient (Wildman–Crippen LogP) is 5.26. The summed E-state index contributed by atoms with van der Waals surface area (Å²) in [6.45, 7) is 0. The Bertz CT molecular complexity index is 1550. The van der Waals surface area contributed by atoms with E-state index in [1.807, 2.05) is 0 Å². The largest absolute Gasteiger partial charge is 0.322 e. The highest BCUT2D eigenvalue weighted by atomic mass is 35.5. The van der Waals surface area contributed by atoms with Crippen LogP contribution in [0, 0.1) is 0 Å². The Hall–Kier alpha value is -3.38. The Kier molecular flexibility index (Phi) is 7.13. The van der Waals surface area contributed by atoms with Crippen LogP contribution in [0.1, 0.15) is 10.4 Å². The first-order valence-corrected chi connectivity index (χ1v) is 14.2. The van der Waals surface area contributed by atoms with E-state index in [0.29, 0.717) is 27.6 Å². The Morgan fingerprint density at radius 3 is 2.00 bits per heavy atom. The topological polar surface area (TPSA) is 121 Å². The van der Waals surface area contributed by atoms with Crippen molar-refractivity contribution in [1.29, 1.82) is 0 Å². The van der Waals surface area contributed by atoms with E-state index in [2.05, 4.69) is 14.8 Å². The molecule has 0 aliphatic carbocycles. The number of sulfonamides is 2. The lowest BCUT2D eigenvalue weighted by atomic mass is 10.2. The molecule has 8 nitrogen and oxygen atoms in total. The molecule has 0 bridgehead atoms. The van der Waals surface area contributed by atoms with Crippen LogP contribution in [0.2, 0.25) is 5.02 Å². The lowest BCUT2D eigenvalue weighted by molar-refractivity contribution is 0.102. The maximum Gasteiger partial charge on any atom is 0.271 e. The summed E-state index contributed by atoms with van der Waals surface area (Å²) in [5.41, 5.74) is 1.33. The van der Waals surface area contributed by atoms with Gasteiger partial charge in [0.1, 0.15) is 4.21 Å². The lowest BCUT2D eigenvalue weighted by Gasteiger charge is -2.10. The van der Waals surface area contributed by atoms with Crippen LogP contribution in [0.15, 0.2) is 99.4 Å². The van der Waals surface area contributed by atoms with Gasteiger partial charge in [-0.2, -0.15) is 0 Å². The van der Waals surface area contributed by atoms with Gasteiger partial charge in [0, 0.05) is 22.0 Å². The van der Waals surface area contributed by atoms with Crippen LogP contribution < -0.4 is 14.8 Å². The molecule has 0 saturated carbocycles. The van der Waals surface area contributed by atoms with Crippen molar-refractivity contribution in [3.63, 3.8) is 0 Å². The van der Waals surface area contributed by atoms with Crippen molar-refractivity contribution >= 4 is 66.0 Å². The molecule has 0 fully saturated rings. The Morgan fingerprint density at radius 1 is 0.714 bits per heavy atom. The molecule has 3 aromatic carbocycles. The number of amides is 1. The van der Waals surface area contributed by atoms with Crippen molar-refractivity contribution in [1.82, 2.24) is 0 Å². The van der Waals surface area contributed by atoms with Gasteiger partial charge in [0.05, 0.1) is 10.6 Å². The third kappa shape index (κ3) is 6.20. The minimum atomic E-state index is -3.84. The zero-order valence-electron chi connectivity index (χ0n) is 17.8. The number of hydrogen-bond donors (Lipinski definition) is 3. The highest BCUT2D eigenvalue weighted by Gasteiger charge is 2.17. The third-order valence-electron chi connectivity index (χ3n) is 4.66. The summed E-state index contributed by atoms with van der Waals surface area (Å²) in [6.07, 6.45) is 0. The van der Waals surface area contributed by atoms with E-state index < -0.39 is 26.0 Å². The summed E-state index contributed by atoms with van der Waals surface area (Å²) in [6, 6.07) is 21.1. The van der Waals surface area contributed by atoms with Gasteiger partial charge < -0.3 is 5.32 Å². The van der Waals surface area contributed by atoms with Crippen molar-refractivity contribution in [2.45, 2.75) is 9.10 Å². The van der Waals surface area contributed by atoms with Gasteiger partial charge in [-0.3, -0.25) is 14.2 Å². The number of thiophene rings is 1. The molecule has 0 aliphatic heterocycles. The first kappa shape index (κ1) is 24.7. The van der Waals surface area contributed by atoms with Crippen molar-refractivity contribution in [3.05, 3.63) is 101 Å². The fourth-order valence-corrected chi connectivity index (χ4v) is 6.29. The summed E-state index contributed by atoms with van der Waals surface area (Å²) in [5, 5.41) is 4.74. The van der Waals surface area contributed by atoms with E-state index in [9.17, 15) is 21.6 Å². The number of rotatable bonds is 8. The van der Waals surface area contributed by atoms with Gasteiger partial charge in [0.15, 0.2) is 0 Å². The fourth-order valence-electron chi connectivity index (χ4n) is 3.00. The molecule has 12 heteroatoms. The molecule has 0 unspecified atom stereocenters. The SMILES string of the molecule is O=C(Nc1ccc(S(=O)(=O)Nc2cccc(Cl)c2)cc1)c1ccc(NS(=O)(=O)c2cccs2)cc1. The third-order valence-corrected chi connectivity index (χ3v) is 9.07. The van der Waals surface area contributed by atoms with Crippen molar-refractivity contribution in [3.8, 4) is 0 Å². The molecule has 1 heterocycles. The van der Waals surface area contributed by atoms with Gasteiger partial charge in [-0.05, 0) is 78.2 Å². The van der Waals surface area contributed by atoms with Crippen LogP contribution in [0.4, 0.5) is 17.1 Å². The summed E-state index contributed by atoms with van der Waals surface area (Å²) in [7, 11) is -7.52. The molecule has 0 radical (unpaired) electrons. The molecular formula is C23H18ClN3O5S3. The number of hydrogen-bond acceptors (Lipinski definition) is 6. The second-order valence-electron chi connectivity index (χ2n) is 7.21. The monoisotopic (exact) mass is 547 g/mol. The van der Waals surface area contributed by atoms with Crippen LogP contribution in [0.5, 0.6) is 0 Å². The predicted molar refractivity (Wildman–Crippen MR) is 138 cm³/mol. The van der Waals surface area contributed by atoms with E-state index in [0.717, 1.165) is 11.3 Å². The molecule has 0 atom stereocenters. The zero-order chi connectivity index (χ0) is 25.1. The van der Waals surface area contributed by atoms with Gasteiger partial charge in [0.25, 0.3) is 26.0 Å². The average Bonchev–Trinajstić information content (AvgIpc) is 3.36. The summed E-state index contributed by atoms with van der Waals surface area (Å²) >= 11 is 6.99. The number of carbonyl (C=O) groups excluding carboxylic acids is 1. The smallest absolute Gasteiger partial charge is 0.271 e. The summed E-state index contributed by atoms with van der Waals surface area (Å²) in [4.78, 5) is 12.6. The van der Waals surface area contributed by atoms with Crippen LogP contribution in [-0.4, -0.2) is 22.7 Å². The van der Waals surface area contributed by atoms with E-state index >= 15 is 0 Å². The molecule has 0 spiro atoms. The molecule has 0 aliphatic rings. The van der Waals surface area contributed by atoms with Crippen molar-refractivity contribution in [2.24, 2.45) is 0 Å². The average molecular weight is 548 g/mol. The van der Waals surface area contributed by atoms with Gasteiger partial charge in [-0.15, -0.1) is 11.3 Å². The Labute approximate surface area is 211 Å². The molecule has 1 aromatic heterocycles. The second-order valence-corrected chi connectivity index (χ2v) is 12.2. The van der Waals surface area contributed by atoms with Crippen LogP contribution >= 0.6 is 22.9 Å². The number of anilines is 3. The van der Waals surface area contributed by atoms with Gasteiger partial charge in [-0.25, -0.2) is 16.8 Å². The molecule has 0 saturated heterocycles. The van der Waals surface area contributed by atoms with Crippen LogP contribution in [0.25, 0.3) is 0 Å². The minimum Gasteiger partial charge on any atom is -0.322 e. The van der Waals surface area contributed by atoms with E-state index in [4.69, 9.17) is 11.6 Å². The molecule has 180 valence electrons. The molecule has 4 rings (SSSR count). The van der Waals surface area contributed by atoms with Crippen LogP contribution in [-0.2, 0) is 20.0 Å². The maximum absolute atomic E-state index is 12.6. The Balaban J connectivity index is 1.40. The molecule has 1 amide bonds. The summed E-state index contributed by atoms with van der Waals surface area (Å²) < 4.78 is 54.9. The van der Waals surface area contributed by atoms with E-state index in [1.165, 1.54) is 60.7 Å². The molecular weight excluding hydrogens is 530 g/mol. The Morgan fingerprint density at radius 2 is 1.37 bits per heavy atom. The lowest BCUT2D eigenvalue weighted by Crippen LogP contribution is -2.14. The highest BCUT2D eigenvalue weighted by molar-refractivity contribution is 7.94. The number of nitrogens with one attached hydrogen (secondary N) is 3. The zero-order valence-corrected chi connectivity index (χ0v) is 21.0. The van der Waals surface area contributed by atoms with Gasteiger partial charge in [-0.1, -0.05) is 23.7 Å². The maximum atomic E-state index is 12.6. The number of benzene rings is 3. The quantitative estimate of drug-likeness (QED) is 0.278. The van der Waals surface area contributed by atoms with E-state index in [1.54, 1.807) is 29.6 Å². The number of carbonyl (C=O) groups is 1. The van der Waals surface area contributed by atoms with Gasteiger partial charge >= 0.3 is 0 Å². The highest BCUT2D eigenvalue weighted by Crippen LogP contribution is 2.22. The standard InChI is InChI=1S/C23H18ClN3O5S3/c24-17-3-1-4-20(15-17)27-34(29,30)21-12-10-18(11-13-21)25-23(28)16-6-8-19(9-7-16)26-35(31,32)22-5-2-14-33-22/h1-15,26-27H,(H,25,28). The van der Waals surface area contributed by atoms with Crippen molar-refractivity contribution in [2.75, 3.05) is 14.8 Å². The van der Waals surface area contributed by atoms with E-state index in [-0.39, 0.29) is 9.10 Å². The number of halogens is 1. The first-order valence-electron chi connectivity index (χ1n) is 9.99. The van der Waals surface area contributed by atoms with Crippen molar-refractivity contribution < 1.29 is 21.6 Å². The normalized spacial score (nSPS) is 11.6. The second kappa shape index (κ2) is 10.1. The van der Waals surface area contributed by atoms with Crippen LogP contribution in [0.3, 0.4) is 0 Å². The minimum absolute atomic E-state index is 0.0119. The molecule has 3 N–H and O–H groups in total. The van der Waals surface area contributed by atoms with Gasteiger partial charge in [0.2, 0.25) is 0 Å². The summed E-state index contributed by atoms with van der Waals surface area (Å²) in [5.74, 6) is -0.440. The molecule has 4 aromatic rings. The fraction of sp³-hybridized carbons (Fsp3) is 0. The molecule has 35 heavy (non-hydrogen) atoms.